The molecular weight excluding hydrogens is 459 g/mol. The Morgan fingerprint density at radius 3 is 2.86 bits per heavy atom. The summed E-state index contributed by atoms with van der Waals surface area (Å²) in [5, 5.41) is 9.10. The van der Waals surface area contributed by atoms with Gasteiger partial charge in [-0.15, -0.1) is 4.80 Å². The number of hydrogen-bond donors (Lipinski definition) is 1. The number of benzene rings is 2. The third-order valence-corrected chi connectivity index (χ3v) is 6.27. The van der Waals surface area contributed by atoms with E-state index in [0.717, 1.165) is 42.1 Å². The van der Waals surface area contributed by atoms with E-state index >= 15 is 0 Å². The van der Waals surface area contributed by atoms with Gasteiger partial charge in [0.15, 0.2) is 0 Å². The minimum atomic E-state index is -0.428. The molecule has 1 saturated heterocycles. The molecule has 29 heavy (non-hydrogen) atoms. The van der Waals surface area contributed by atoms with Crippen LogP contribution in [-0.2, 0) is 5.54 Å². The predicted molar refractivity (Wildman–Crippen MR) is 113 cm³/mol. The fourth-order valence-corrected chi connectivity index (χ4v) is 4.51. The van der Waals surface area contributed by atoms with Crippen molar-refractivity contribution in [3.05, 3.63) is 63.9 Å². The summed E-state index contributed by atoms with van der Waals surface area (Å²) >= 11 is 9.56. The Hall–Kier alpha value is -2.45. The predicted octanol–water partition coefficient (Wildman–Crippen LogP) is 5.01. The summed E-state index contributed by atoms with van der Waals surface area (Å²) in [6.07, 6.45) is 5.11. The van der Waals surface area contributed by atoms with Gasteiger partial charge in [0.1, 0.15) is 17.3 Å². The van der Waals surface area contributed by atoms with Crippen LogP contribution in [0.5, 0.6) is 0 Å². The number of aromatic nitrogens is 5. The number of anilines is 1. The van der Waals surface area contributed by atoms with Crippen molar-refractivity contribution in [1.82, 2.24) is 25.0 Å². The van der Waals surface area contributed by atoms with Gasteiger partial charge in [0.05, 0.1) is 39.1 Å². The summed E-state index contributed by atoms with van der Waals surface area (Å²) in [6, 6.07) is 9.96. The van der Waals surface area contributed by atoms with Gasteiger partial charge in [-0.3, -0.25) is 0 Å². The highest BCUT2D eigenvalue weighted by atomic mass is 79.9. The van der Waals surface area contributed by atoms with Crippen molar-refractivity contribution >= 4 is 44.3 Å². The lowest BCUT2D eigenvalue weighted by Gasteiger charge is -2.36. The van der Waals surface area contributed by atoms with Crippen LogP contribution in [0.4, 0.5) is 10.1 Å². The summed E-state index contributed by atoms with van der Waals surface area (Å²) in [7, 11) is 0. The highest BCUT2D eigenvalue weighted by Crippen LogP contribution is 2.43. The molecule has 4 aromatic rings. The molecule has 1 N–H and O–H groups in total. The van der Waals surface area contributed by atoms with Gasteiger partial charge >= 0.3 is 0 Å². The van der Waals surface area contributed by atoms with Crippen LogP contribution in [0.1, 0.15) is 25.6 Å². The van der Waals surface area contributed by atoms with E-state index in [9.17, 15) is 4.39 Å². The molecule has 0 amide bonds. The van der Waals surface area contributed by atoms with Crippen molar-refractivity contribution in [2.45, 2.75) is 25.3 Å². The Balaban J connectivity index is 1.65. The van der Waals surface area contributed by atoms with E-state index in [1.807, 2.05) is 6.07 Å². The van der Waals surface area contributed by atoms with Crippen molar-refractivity contribution in [2.75, 3.05) is 11.4 Å². The fourth-order valence-electron chi connectivity index (χ4n) is 4.00. The van der Waals surface area contributed by atoms with Crippen LogP contribution in [0, 0.1) is 11.9 Å². The molecule has 0 spiro atoms. The highest BCUT2D eigenvalue weighted by molar-refractivity contribution is 9.10. The molecule has 0 bridgehead atoms. The zero-order valence-electron chi connectivity index (χ0n) is 15.5. The number of nitrogens with one attached hydrogen (secondary N) is 1. The molecule has 0 unspecified atom stereocenters. The average molecular weight is 475 g/mol. The van der Waals surface area contributed by atoms with Crippen LogP contribution in [0.25, 0.3) is 16.7 Å². The quantitative estimate of drug-likeness (QED) is 0.453. The normalized spacial score (nSPS) is 19.4. The number of imidazole rings is 1. The number of halogens is 3. The smallest absolute Gasteiger partial charge is 0.139 e. The molecule has 1 atom stereocenters. The Morgan fingerprint density at radius 2 is 2.07 bits per heavy atom. The molecule has 1 fully saturated rings. The maximum Gasteiger partial charge on any atom is 0.139 e. The van der Waals surface area contributed by atoms with Gasteiger partial charge in [-0.1, -0.05) is 11.6 Å². The molecule has 0 aliphatic carbocycles. The fraction of sp³-hybridized carbons (Fsp3) is 0.250. The molecule has 5 rings (SSSR count). The lowest BCUT2D eigenvalue weighted by Crippen LogP contribution is -2.40. The number of H-pyrrole nitrogens is 1. The van der Waals surface area contributed by atoms with Gasteiger partial charge in [0, 0.05) is 23.7 Å². The van der Waals surface area contributed by atoms with Gasteiger partial charge in [0.2, 0.25) is 0 Å². The van der Waals surface area contributed by atoms with Crippen LogP contribution in [0.15, 0.2) is 41.1 Å². The number of fused-ring (bicyclic) bond motifs is 1. The second-order valence-corrected chi connectivity index (χ2v) is 8.56. The second kappa shape index (κ2) is 6.81. The first-order valence-corrected chi connectivity index (χ1v) is 10.3. The maximum absolute atomic E-state index is 14.0. The van der Waals surface area contributed by atoms with Crippen LogP contribution in [0.2, 0.25) is 5.02 Å². The van der Waals surface area contributed by atoms with E-state index in [2.05, 4.69) is 49.0 Å². The van der Waals surface area contributed by atoms with Crippen molar-refractivity contribution in [1.29, 1.82) is 0 Å². The minimum Gasteiger partial charge on any atom is -0.357 e. The van der Waals surface area contributed by atoms with E-state index in [0.29, 0.717) is 15.0 Å². The molecule has 1 radical (unpaired) electrons. The Morgan fingerprint density at radius 1 is 1.28 bits per heavy atom. The maximum atomic E-state index is 14.0. The van der Waals surface area contributed by atoms with Gasteiger partial charge in [0.25, 0.3) is 0 Å². The van der Waals surface area contributed by atoms with E-state index in [-0.39, 0.29) is 5.82 Å². The first kappa shape index (κ1) is 18.6. The summed E-state index contributed by atoms with van der Waals surface area (Å²) < 4.78 is 14.4. The molecule has 3 heterocycles. The number of hydrogen-bond acceptors (Lipinski definition) is 4. The third kappa shape index (κ3) is 3.02. The molecule has 0 saturated carbocycles. The highest BCUT2D eigenvalue weighted by Gasteiger charge is 2.42. The summed E-state index contributed by atoms with van der Waals surface area (Å²) in [4.78, 5) is 11.9. The van der Waals surface area contributed by atoms with Crippen molar-refractivity contribution in [3.8, 4) is 5.69 Å². The van der Waals surface area contributed by atoms with Crippen LogP contribution in [0.3, 0.4) is 0 Å². The van der Waals surface area contributed by atoms with Crippen molar-refractivity contribution in [3.63, 3.8) is 0 Å². The molecular formula is C20H16BrClFN6. The lowest BCUT2D eigenvalue weighted by atomic mass is 9.97. The molecule has 1 aliphatic heterocycles. The van der Waals surface area contributed by atoms with Gasteiger partial charge in [-0.05, 0) is 53.9 Å². The standard InChI is InChI=1S/C20H16BrClFN6/c1-20(19-26-15-10-13(21)14(23)11-16(15)27-19)5-2-8-28(20)18-9-12(22)3-4-17(18)29-24-6-7-25-29/h3,6-7,9-11H,2,5,8H2,1H3,(H,26,27)/t20-/m0/s1. The third-order valence-electron chi connectivity index (χ3n) is 5.45. The minimum absolute atomic E-state index is 0.333. The number of rotatable bonds is 3. The zero-order chi connectivity index (χ0) is 20.2. The Labute approximate surface area is 179 Å². The van der Waals surface area contributed by atoms with Gasteiger partial charge in [-0.25, -0.2) is 9.37 Å². The largest absolute Gasteiger partial charge is 0.357 e. The average Bonchev–Trinajstić information content (AvgIpc) is 3.42. The summed E-state index contributed by atoms with van der Waals surface area (Å²) in [5.41, 5.74) is 2.55. The van der Waals surface area contributed by atoms with Crippen molar-refractivity contribution in [2.24, 2.45) is 0 Å². The van der Waals surface area contributed by atoms with E-state index < -0.39 is 5.54 Å². The van der Waals surface area contributed by atoms with Gasteiger partial charge < -0.3 is 9.88 Å². The van der Waals surface area contributed by atoms with E-state index in [1.54, 1.807) is 24.5 Å². The first-order chi connectivity index (χ1) is 14.0. The molecule has 2 aromatic heterocycles. The van der Waals surface area contributed by atoms with E-state index in [4.69, 9.17) is 16.6 Å². The molecule has 2 aromatic carbocycles. The summed E-state index contributed by atoms with van der Waals surface area (Å²) in [6.45, 7) is 2.94. The molecule has 1 aliphatic rings. The first-order valence-electron chi connectivity index (χ1n) is 9.16. The second-order valence-electron chi connectivity index (χ2n) is 7.27. The Kier molecular flexibility index (Phi) is 4.36. The topological polar surface area (TPSA) is 62.6 Å². The monoisotopic (exact) mass is 473 g/mol. The lowest BCUT2D eigenvalue weighted by molar-refractivity contribution is 0.466. The number of aromatic amines is 1. The van der Waals surface area contributed by atoms with Crippen LogP contribution >= 0.6 is 27.5 Å². The Bertz CT molecular complexity index is 1170. The summed E-state index contributed by atoms with van der Waals surface area (Å²) in [5.74, 6) is 0.447. The number of nitrogens with zero attached hydrogens (tertiary/aromatic N) is 5. The molecule has 147 valence electrons. The van der Waals surface area contributed by atoms with E-state index in [1.165, 1.54) is 10.9 Å². The SMILES string of the molecule is C[C@@]1(c2nc3cc(F)c(Br)cc3[nH]2)CCCN1c1cc(Cl)c[c]c1-n1nccn1. The zero-order valence-corrected chi connectivity index (χ0v) is 17.8. The van der Waals surface area contributed by atoms with Gasteiger partial charge in [-0.2, -0.15) is 10.2 Å². The molecule has 6 nitrogen and oxygen atoms in total. The van der Waals surface area contributed by atoms with Crippen molar-refractivity contribution < 1.29 is 4.39 Å². The van der Waals surface area contributed by atoms with Crippen LogP contribution < -0.4 is 4.90 Å². The molecule has 9 heteroatoms. The van der Waals surface area contributed by atoms with Crippen LogP contribution in [-0.4, -0.2) is 31.5 Å².